The SMILES string of the molecule is C[C@@H]1NC(=O)C[C@@H](C(=O)NCCCCN2CCCC2)NC(=O)c2ccccc2OC[C@H](Cc2ccccc2)N(C)C1=O. The molecule has 1 saturated heterocycles. The molecule has 3 N–H and O–H groups in total. The number of ether oxygens (including phenoxy) is 1. The third-order valence-corrected chi connectivity index (χ3v) is 7.93. The van der Waals surface area contributed by atoms with Crippen molar-refractivity contribution in [2.45, 2.75) is 63.6 Å². The predicted octanol–water partition coefficient (Wildman–Crippen LogP) is 2.13. The van der Waals surface area contributed by atoms with E-state index in [9.17, 15) is 19.2 Å². The van der Waals surface area contributed by atoms with Gasteiger partial charge >= 0.3 is 0 Å². The molecule has 0 aliphatic carbocycles. The summed E-state index contributed by atoms with van der Waals surface area (Å²) >= 11 is 0. The number of nitrogens with one attached hydrogen (secondary N) is 3. The molecule has 0 radical (unpaired) electrons. The molecule has 42 heavy (non-hydrogen) atoms. The molecule has 2 aliphatic rings. The van der Waals surface area contributed by atoms with Crippen LogP contribution in [0.4, 0.5) is 0 Å². The summed E-state index contributed by atoms with van der Waals surface area (Å²) in [5.41, 5.74) is 1.28. The van der Waals surface area contributed by atoms with E-state index in [-0.39, 0.29) is 30.5 Å². The maximum absolute atomic E-state index is 13.4. The number of nitrogens with zero attached hydrogens (tertiary/aromatic N) is 2. The van der Waals surface area contributed by atoms with Crippen LogP contribution in [0.5, 0.6) is 5.75 Å². The summed E-state index contributed by atoms with van der Waals surface area (Å²) in [6, 6.07) is 14.2. The normalized spacial score (nSPS) is 22.4. The number of amides is 4. The number of likely N-dealkylation sites (N-methyl/N-ethyl adjacent to an activating group) is 1. The Balaban J connectivity index is 1.48. The van der Waals surface area contributed by atoms with Crippen LogP contribution in [0.2, 0.25) is 0 Å². The number of hydrogen-bond donors (Lipinski definition) is 3. The van der Waals surface area contributed by atoms with Crippen LogP contribution in [0.15, 0.2) is 54.6 Å². The Kier molecular flexibility index (Phi) is 11.3. The predicted molar refractivity (Wildman–Crippen MR) is 160 cm³/mol. The molecule has 2 aromatic carbocycles. The van der Waals surface area contributed by atoms with Crippen molar-refractivity contribution < 1.29 is 23.9 Å². The molecule has 2 aromatic rings. The fraction of sp³-hybridized carbons (Fsp3) is 0.500. The van der Waals surface area contributed by atoms with Crippen LogP contribution in [0, 0.1) is 0 Å². The van der Waals surface area contributed by atoms with E-state index in [1.54, 1.807) is 43.1 Å². The molecule has 10 heteroatoms. The fourth-order valence-electron chi connectivity index (χ4n) is 5.44. The van der Waals surface area contributed by atoms with E-state index in [1.165, 1.54) is 12.8 Å². The molecule has 0 bridgehead atoms. The van der Waals surface area contributed by atoms with Crippen LogP contribution >= 0.6 is 0 Å². The van der Waals surface area contributed by atoms with Crippen LogP contribution < -0.4 is 20.7 Å². The first-order valence-electron chi connectivity index (χ1n) is 14.9. The van der Waals surface area contributed by atoms with Gasteiger partial charge in [0.05, 0.1) is 18.0 Å². The average Bonchev–Trinajstić information content (AvgIpc) is 3.51. The quantitative estimate of drug-likeness (QED) is 0.414. The van der Waals surface area contributed by atoms with Crippen molar-refractivity contribution in [3.63, 3.8) is 0 Å². The lowest BCUT2D eigenvalue weighted by Crippen LogP contribution is -2.53. The Labute approximate surface area is 248 Å². The van der Waals surface area contributed by atoms with Gasteiger partial charge < -0.3 is 30.5 Å². The van der Waals surface area contributed by atoms with E-state index in [1.807, 2.05) is 30.3 Å². The Morgan fingerprint density at radius 1 is 0.976 bits per heavy atom. The summed E-state index contributed by atoms with van der Waals surface area (Å²) in [5.74, 6) is -1.39. The third-order valence-electron chi connectivity index (χ3n) is 7.93. The maximum atomic E-state index is 13.4. The van der Waals surface area contributed by atoms with E-state index >= 15 is 0 Å². The van der Waals surface area contributed by atoms with Gasteiger partial charge in [0.2, 0.25) is 17.7 Å². The van der Waals surface area contributed by atoms with Crippen molar-refractivity contribution in [1.29, 1.82) is 0 Å². The summed E-state index contributed by atoms with van der Waals surface area (Å²) in [6.07, 6.45) is 4.46. The lowest BCUT2D eigenvalue weighted by molar-refractivity contribution is -0.137. The van der Waals surface area contributed by atoms with Gasteiger partial charge in [0.25, 0.3) is 5.91 Å². The Morgan fingerprint density at radius 2 is 1.69 bits per heavy atom. The fourth-order valence-corrected chi connectivity index (χ4v) is 5.44. The number of fused-ring (bicyclic) bond motifs is 1. The zero-order chi connectivity index (χ0) is 29.9. The number of rotatable bonds is 8. The van der Waals surface area contributed by atoms with Crippen LogP contribution in [0.3, 0.4) is 0 Å². The van der Waals surface area contributed by atoms with Gasteiger partial charge in [-0.25, -0.2) is 0 Å². The summed E-state index contributed by atoms with van der Waals surface area (Å²) in [5, 5.41) is 8.33. The molecule has 4 rings (SSSR count). The molecule has 0 spiro atoms. The first kappa shape index (κ1) is 31.0. The number of carbonyl (C=O) groups excluding carboxylic acids is 4. The molecule has 226 valence electrons. The lowest BCUT2D eigenvalue weighted by Gasteiger charge is -2.31. The van der Waals surface area contributed by atoms with E-state index in [2.05, 4.69) is 20.9 Å². The molecule has 0 saturated carbocycles. The molecule has 0 unspecified atom stereocenters. The molecular weight excluding hydrogens is 534 g/mol. The van der Waals surface area contributed by atoms with Gasteiger partial charge in [-0.1, -0.05) is 42.5 Å². The van der Waals surface area contributed by atoms with Gasteiger partial charge in [-0.15, -0.1) is 0 Å². The van der Waals surface area contributed by atoms with Crippen LogP contribution in [0.25, 0.3) is 0 Å². The van der Waals surface area contributed by atoms with Crippen molar-refractivity contribution in [2.24, 2.45) is 0 Å². The average molecular weight is 578 g/mol. The van der Waals surface area contributed by atoms with Crippen molar-refractivity contribution >= 4 is 23.6 Å². The van der Waals surface area contributed by atoms with Gasteiger partial charge in [0.15, 0.2) is 0 Å². The highest BCUT2D eigenvalue weighted by Crippen LogP contribution is 2.20. The topological polar surface area (TPSA) is 120 Å². The summed E-state index contributed by atoms with van der Waals surface area (Å²) in [4.78, 5) is 57.0. The number of hydrogen-bond acceptors (Lipinski definition) is 6. The number of para-hydroxylation sites is 1. The summed E-state index contributed by atoms with van der Waals surface area (Å²) < 4.78 is 6.15. The molecule has 3 atom stereocenters. The van der Waals surface area contributed by atoms with Gasteiger partial charge in [0.1, 0.15) is 24.4 Å². The summed E-state index contributed by atoms with van der Waals surface area (Å²) in [6.45, 7) is 5.46. The van der Waals surface area contributed by atoms with Gasteiger partial charge in [-0.2, -0.15) is 0 Å². The van der Waals surface area contributed by atoms with Gasteiger partial charge in [0, 0.05) is 13.6 Å². The minimum Gasteiger partial charge on any atom is -0.491 e. The van der Waals surface area contributed by atoms with E-state index in [0.29, 0.717) is 18.7 Å². The highest BCUT2D eigenvalue weighted by Gasteiger charge is 2.30. The van der Waals surface area contributed by atoms with Gasteiger partial charge in [-0.3, -0.25) is 19.2 Å². The second kappa shape index (κ2) is 15.3. The second-order valence-electron chi connectivity index (χ2n) is 11.2. The lowest BCUT2D eigenvalue weighted by atomic mass is 10.0. The Morgan fingerprint density at radius 3 is 2.45 bits per heavy atom. The second-order valence-corrected chi connectivity index (χ2v) is 11.2. The van der Waals surface area contributed by atoms with Crippen molar-refractivity contribution in [1.82, 2.24) is 25.8 Å². The standard InChI is InChI=1S/C32H43N5O5/c1-23-32(41)36(2)25(20-24-12-4-3-5-13-24)22-42-28-15-7-6-14-26(28)30(39)35-27(21-29(38)34-23)31(40)33-16-8-9-17-37-18-10-11-19-37/h3-7,12-15,23,25,27H,8-11,16-22H2,1-2H3,(H,33,40)(H,34,38)(H,35,39)/t23-,25-,27-/m0/s1. The molecule has 4 amide bonds. The minimum atomic E-state index is -1.11. The highest BCUT2D eigenvalue weighted by molar-refractivity contribution is 6.01. The molecule has 0 aromatic heterocycles. The zero-order valence-corrected chi connectivity index (χ0v) is 24.6. The van der Waals surface area contributed by atoms with Crippen LogP contribution in [-0.4, -0.2) is 91.4 Å². The maximum Gasteiger partial charge on any atom is 0.255 e. The molecule has 2 aliphatic heterocycles. The molecule has 10 nitrogen and oxygen atoms in total. The zero-order valence-electron chi connectivity index (χ0n) is 24.6. The first-order valence-corrected chi connectivity index (χ1v) is 14.9. The van der Waals surface area contributed by atoms with Gasteiger partial charge in [-0.05, 0) is 76.4 Å². The monoisotopic (exact) mass is 577 g/mol. The molecule has 1 fully saturated rings. The largest absolute Gasteiger partial charge is 0.491 e. The minimum absolute atomic E-state index is 0.128. The van der Waals surface area contributed by atoms with E-state index in [0.717, 1.165) is 38.0 Å². The summed E-state index contributed by atoms with van der Waals surface area (Å²) in [7, 11) is 1.69. The Hall–Kier alpha value is -3.92. The van der Waals surface area contributed by atoms with Crippen molar-refractivity contribution in [3.8, 4) is 5.75 Å². The first-order chi connectivity index (χ1) is 20.3. The smallest absolute Gasteiger partial charge is 0.255 e. The Bertz CT molecular complexity index is 1220. The third kappa shape index (κ3) is 8.79. The number of benzene rings is 2. The highest BCUT2D eigenvalue weighted by atomic mass is 16.5. The molecule has 2 heterocycles. The molecular formula is C32H43N5O5. The van der Waals surface area contributed by atoms with Crippen molar-refractivity contribution in [3.05, 3.63) is 65.7 Å². The van der Waals surface area contributed by atoms with E-state index in [4.69, 9.17) is 4.74 Å². The van der Waals surface area contributed by atoms with E-state index < -0.39 is 29.8 Å². The van der Waals surface area contributed by atoms with Crippen LogP contribution in [-0.2, 0) is 20.8 Å². The van der Waals surface area contributed by atoms with Crippen LogP contribution in [0.1, 0.15) is 54.9 Å². The number of carbonyl (C=O) groups is 4. The number of likely N-dealkylation sites (tertiary alicyclic amines) is 1. The van der Waals surface area contributed by atoms with Crippen molar-refractivity contribution in [2.75, 3.05) is 39.8 Å². The number of unbranched alkanes of at least 4 members (excludes halogenated alkanes) is 1.